The first-order valence-corrected chi connectivity index (χ1v) is 10.3. The molecule has 2 aromatic rings. The Balaban J connectivity index is 1.51. The largest absolute Gasteiger partial charge is 0.466 e. The number of esters is 2. The summed E-state index contributed by atoms with van der Waals surface area (Å²) >= 11 is 0. The Bertz CT molecular complexity index is 944. The van der Waals surface area contributed by atoms with E-state index in [2.05, 4.69) is 34.0 Å². The fourth-order valence-corrected chi connectivity index (χ4v) is 4.20. The van der Waals surface area contributed by atoms with Crippen molar-refractivity contribution in [1.29, 1.82) is 0 Å². The number of benzene rings is 1. The fraction of sp³-hybridized carbons (Fsp3) is 0.391. The van der Waals surface area contributed by atoms with Crippen LogP contribution < -0.4 is 9.80 Å². The first kappa shape index (κ1) is 21.0. The zero-order valence-corrected chi connectivity index (χ0v) is 17.8. The number of nitrogens with zero attached hydrogens (tertiary/aromatic N) is 3. The number of carbonyl (C=O) groups excluding carboxylic acids is 2. The maximum absolute atomic E-state index is 12.4. The molecule has 0 spiro atoms. The Morgan fingerprint density at radius 3 is 2.16 bits per heavy atom. The highest BCUT2D eigenvalue weighted by molar-refractivity contribution is 6.03. The Labute approximate surface area is 181 Å². The second-order valence-electron chi connectivity index (χ2n) is 7.58. The topological polar surface area (TPSA) is 73.2 Å². The van der Waals surface area contributed by atoms with Crippen LogP contribution in [0.2, 0.25) is 0 Å². The van der Waals surface area contributed by atoms with Gasteiger partial charge in [0.1, 0.15) is 12.4 Å². The van der Waals surface area contributed by atoms with Crippen molar-refractivity contribution in [3.05, 3.63) is 60.1 Å². The molecule has 0 saturated carbocycles. The van der Waals surface area contributed by atoms with Crippen molar-refractivity contribution < 1.29 is 23.8 Å². The Morgan fingerprint density at radius 2 is 1.55 bits per heavy atom. The highest BCUT2D eigenvalue weighted by atomic mass is 16.5. The van der Waals surface area contributed by atoms with E-state index in [4.69, 9.17) is 14.2 Å². The average Bonchev–Trinajstić information content (AvgIpc) is 3.38. The smallest absolute Gasteiger partial charge is 0.355 e. The minimum atomic E-state index is -0.604. The van der Waals surface area contributed by atoms with E-state index in [0.29, 0.717) is 6.04 Å². The number of hydrogen-bond donors (Lipinski definition) is 0. The summed E-state index contributed by atoms with van der Waals surface area (Å²) in [5, 5.41) is 0. The molecule has 0 bridgehead atoms. The van der Waals surface area contributed by atoms with Gasteiger partial charge in [-0.2, -0.15) is 0 Å². The van der Waals surface area contributed by atoms with E-state index in [-0.39, 0.29) is 24.6 Å². The van der Waals surface area contributed by atoms with Crippen molar-refractivity contribution in [3.63, 3.8) is 0 Å². The van der Waals surface area contributed by atoms with Gasteiger partial charge in [-0.05, 0) is 49.2 Å². The van der Waals surface area contributed by atoms with Gasteiger partial charge in [-0.3, -0.25) is 0 Å². The van der Waals surface area contributed by atoms with Gasteiger partial charge in [0.25, 0.3) is 0 Å². The summed E-state index contributed by atoms with van der Waals surface area (Å²) in [6.07, 6.45) is 6.44. The van der Waals surface area contributed by atoms with E-state index in [0.717, 1.165) is 37.3 Å². The van der Waals surface area contributed by atoms with Gasteiger partial charge in [0, 0.05) is 42.9 Å². The van der Waals surface area contributed by atoms with Crippen molar-refractivity contribution in [1.82, 2.24) is 4.57 Å². The number of carbonyl (C=O) groups is 2. The summed E-state index contributed by atoms with van der Waals surface area (Å²) < 4.78 is 17.6. The third-order valence-corrected chi connectivity index (χ3v) is 5.87. The molecule has 1 saturated heterocycles. The number of ether oxygens (including phenoxy) is 3. The maximum Gasteiger partial charge on any atom is 0.355 e. The van der Waals surface area contributed by atoms with E-state index in [1.54, 1.807) is 4.90 Å². The summed E-state index contributed by atoms with van der Waals surface area (Å²) in [6.45, 7) is 2.11. The van der Waals surface area contributed by atoms with Crippen molar-refractivity contribution in [2.24, 2.45) is 0 Å². The maximum atomic E-state index is 12.4. The molecular weight excluding hydrogens is 398 g/mol. The molecule has 0 radical (unpaired) electrons. The van der Waals surface area contributed by atoms with Crippen molar-refractivity contribution >= 4 is 23.3 Å². The van der Waals surface area contributed by atoms with Crippen LogP contribution in [0.25, 0.3) is 0 Å². The third kappa shape index (κ3) is 4.29. The second kappa shape index (κ2) is 9.26. The van der Waals surface area contributed by atoms with Crippen LogP contribution in [0.4, 0.5) is 11.4 Å². The molecule has 31 heavy (non-hydrogen) atoms. The predicted octanol–water partition coefficient (Wildman–Crippen LogP) is 2.72. The molecule has 2 aliphatic heterocycles. The molecule has 0 atom stereocenters. The van der Waals surface area contributed by atoms with E-state index < -0.39 is 11.9 Å². The van der Waals surface area contributed by atoms with Crippen LogP contribution in [0.3, 0.4) is 0 Å². The summed E-state index contributed by atoms with van der Waals surface area (Å²) in [5.41, 5.74) is 2.18. The molecule has 0 aliphatic carbocycles. The number of aromatic nitrogens is 1. The van der Waals surface area contributed by atoms with Crippen molar-refractivity contribution in [2.75, 3.05) is 50.4 Å². The summed E-state index contributed by atoms with van der Waals surface area (Å²) in [7, 11) is 2.57. The third-order valence-electron chi connectivity index (χ3n) is 5.87. The van der Waals surface area contributed by atoms with Gasteiger partial charge in [-0.25, -0.2) is 9.59 Å². The van der Waals surface area contributed by atoms with Crippen LogP contribution in [-0.2, 0) is 23.8 Å². The molecule has 0 amide bonds. The highest BCUT2D eigenvalue weighted by Crippen LogP contribution is 2.31. The number of hydrogen-bond acceptors (Lipinski definition) is 7. The fourth-order valence-electron chi connectivity index (χ4n) is 4.20. The van der Waals surface area contributed by atoms with E-state index in [1.807, 2.05) is 24.3 Å². The lowest BCUT2D eigenvalue weighted by atomic mass is 10.0. The van der Waals surface area contributed by atoms with Gasteiger partial charge >= 0.3 is 11.9 Å². The second-order valence-corrected chi connectivity index (χ2v) is 7.58. The lowest BCUT2D eigenvalue weighted by molar-refractivity contribution is -0.140. The van der Waals surface area contributed by atoms with E-state index >= 15 is 0 Å². The molecule has 0 unspecified atom stereocenters. The molecule has 8 nitrogen and oxygen atoms in total. The lowest BCUT2D eigenvalue weighted by Crippen LogP contribution is -2.38. The van der Waals surface area contributed by atoms with Gasteiger partial charge in [0.05, 0.1) is 26.4 Å². The van der Waals surface area contributed by atoms with Crippen molar-refractivity contribution in [2.45, 2.75) is 18.9 Å². The number of methoxy groups -OCH3 is 2. The molecule has 1 fully saturated rings. The van der Waals surface area contributed by atoms with Crippen LogP contribution in [0.5, 0.6) is 0 Å². The molecule has 1 aromatic heterocycles. The van der Waals surface area contributed by atoms with Gasteiger partial charge < -0.3 is 28.6 Å². The first-order valence-electron chi connectivity index (χ1n) is 10.3. The predicted molar refractivity (Wildman–Crippen MR) is 116 cm³/mol. The molecule has 0 N–H and O–H groups in total. The van der Waals surface area contributed by atoms with Crippen LogP contribution >= 0.6 is 0 Å². The van der Waals surface area contributed by atoms with Gasteiger partial charge in [-0.1, -0.05) is 0 Å². The van der Waals surface area contributed by atoms with Crippen LogP contribution in [0, 0.1) is 0 Å². The molecule has 8 heteroatoms. The number of rotatable bonds is 5. The molecule has 2 aliphatic rings. The zero-order valence-electron chi connectivity index (χ0n) is 17.8. The van der Waals surface area contributed by atoms with E-state index in [1.165, 1.54) is 14.2 Å². The Morgan fingerprint density at radius 1 is 0.935 bits per heavy atom. The van der Waals surface area contributed by atoms with Crippen LogP contribution in [-0.4, -0.2) is 57.2 Å². The number of piperidine rings is 1. The zero-order chi connectivity index (χ0) is 21.8. The summed E-state index contributed by atoms with van der Waals surface area (Å²) in [6, 6.07) is 12.6. The number of anilines is 2. The Hall–Kier alpha value is -3.26. The molecular formula is C23H27N3O5. The molecule has 3 heterocycles. The summed E-state index contributed by atoms with van der Waals surface area (Å²) in [4.78, 5) is 28.6. The SMILES string of the molecule is COC(=O)C1=C(C(=O)OC)N(c2ccc(N3CCC(n4cccc4)CC3)cc2)COC1. The monoisotopic (exact) mass is 425 g/mol. The highest BCUT2D eigenvalue weighted by Gasteiger charge is 2.32. The van der Waals surface area contributed by atoms with Gasteiger partial charge in [-0.15, -0.1) is 0 Å². The minimum absolute atomic E-state index is 0.00201. The normalized spacial score (nSPS) is 17.6. The van der Waals surface area contributed by atoms with Crippen molar-refractivity contribution in [3.8, 4) is 0 Å². The van der Waals surface area contributed by atoms with Gasteiger partial charge in [0.15, 0.2) is 0 Å². The molecule has 4 rings (SSSR count). The quantitative estimate of drug-likeness (QED) is 0.682. The lowest BCUT2D eigenvalue weighted by Gasteiger charge is -2.35. The molecule has 164 valence electrons. The Kier molecular flexibility index (Phi) is 6.27. The van der Waals surface area contributed by atoms with E-state index in [9.17, 15) is 9.59 Å². The molecule has 1 aromatic carbocycles. The van der Waals surface area contributed by atoms with Gasteiger partial charge in [0.2, 0.25) is 0 Å². The summed E-state index contributed by atoms with van der Waals surface area (Å²) in [5.74, 6) is -1.20. The van der Waals surface area contributed by atoms with Crippen LogP contribution in [0.1, 0.15) is 18.9 Å². The standard InChI is InChI=1S/C23H27N3O5/c1-29-22(27)20-15-31-16-26(21(20)23(28)30-2)19-7-5-17(6-8-19)25-13-9-18(10-14-25)24-11-3-4-12-24/h3-8,11-12,18H,9-10,13-16H2,1-2H3. The average molecular weight is 425 g/mol. The minimum Gasteiger partial charge on any atom is -0.466 e. The van der Waals surface area contributed by atoms with Crippen LogP contribution in [0.15, 0.2) is 60.1 Å². The first-order chi connectivity index (χ1) is 15.1.